The molecular weight excluding hydrogens is 321 g/mol. The van der Waals surface area contributed by atoms with E-state index in [1.54, 1.807) is 0 Å². The summed E-state index contributed by atoms with van der Waals surface area (Å²) >= 11 is 0. The molecule has 2 saturated heterocycles. The molecule has 0 aliphatic carbocycles. The quantitative estimate of drug-likeness (QED) is 0.796. The summed E-state index contributed by atoms with van der Waals surface area (Å²) in [6, 6.07) is 0. The Kier molecular flexibility index (Phi) is 11.5. The van der Waals surface area contributed by atoms with Crippen molar-refractivity contribution in [2.45, 2.75) is 39.0 Å². The first-order valence-electron chi connectivity index (χ1n) is 8.31. The molecule has 0 bridgehead atoms. The average molecular weight is 354 g/mol. The smallest absolute Gasteiger partial charge is 0.220 e. The van der Waals surface area contributed by atoms with Crippen LogP contribution in [0.3, 0.4) is 0 Å². The molecule has 2 fully saturated rings. The number of hydrogen-bond donors (Lipinski definition) is 2. The fraction of sp³-hybridized carbons (Fsp3) is 0.938. The maximum atomic E-state index is 12.1. The van der Waals surface area contributed by atoms with Crippen molar-refractivity contribution < 1.29 is 4.79 Å². The summed E-state index contributed by atoms with van der Waals surface area (Å²) in [5.74, 6) is 2.19. The molecular formula is C16H33Cl2N3O. The Labute approximate surface area is 148 Å². The molecule has 2 rings (SSSR count). The SMILES string of the molecule is CC(CC(=O)NCC1CCN(C)CC1)C1CCNCC1.Cl.Cl. The number of rotatable bonds is 5. The molecule has 1 unspecified atom stereocenters. The normalized spacial score (nSPS) is 22.3. The van der Waals surface area contributed by atoms with Crippen LogP contribution < -0.4 is 10.6 Å². The first kappa shape index (κ1) is 22.0. The Morgan fingerprint density at radius 1 is 1.18 bits per heavy atom. The lowest BCUT2D eigenvalue weighted by atomic mass is 9.84. The predicted octanol–water partition coefficient (Wildman–Crippen LogP) is 2.31. The molecule has 0 radical (unpaired) electrons. The number of piperidine rings is 2. The van der Waals surface area contributed by atoms with Gasteiger partial charge in [0.05, 0.1) is 0 Å². The molecule has 0 spiro atoms. The zero-order valence-electron chi connectivity index (χ0n) is 14.0. The Morgan fingerprint density at radius 2 is 1.77 bits per heavy atom. The van der Waals surface area contributed by atoms with Crippen LogP contribution >= 0.6 is 24.8 Å². The highest BCUT2D eigenvalue weighted by Crippen LogP contribution is 2.24. The Hall–Kier alpha value is -0.0300. The maximum Gasteiger partial charge on any atom is 0.220 e. The van der Waals surface area contributed by atoms with E-state index in [-0.39, 0.29) is 30.7 Å². The van der Waals surface area contributed by atoms with Crippen molar-refractivity contribution in [3.05, 3.63) is 0 Å². The van der Waals surface area contributed by atoms with Gasteiger partial charge < -0.3 is 15.5 Å². The van der Waals surface area contributed by atoms with Gasteiger partial charge in [0.2, 0.25) is 5.91 Å². The van der Waals surface area contributed by atoms with Crippen LogP contribution in [0.5, 0.6) is 0 Å². The molecule has 0 aromatic rings. The number of amides is 1. The Morgan fingerprint density at radius 3 is 2.36 bits per heavy atom. The van der Waals surface area contributed by atoms with Crippen LogP contribution in [0.1, 0.15) is 39.0 Å². The van der Waals surface area contributed by atoms with Crippen molar-refractivity contribution in [1.29, 1.82) is 0 Å². The van der Waals surface area contributed by atoms with Gasteiger partial charge in [0.1, 0.15) is 0 Å². The molecule has 1 amide bonds. The second-order valence-corrected chi connectivity index (χ2v) is 6.82. The van der Waals surface area contributed by atoms with Crippen molar-refractivity contribution in [2.75, 3.05) is 39.8 Å². The van der Waals surface area contributed by atoms with Crippen LogP contribution in [0.4, 0.5) is 0 Å². The van der Waals surface area contributed by atoms with Gasteiger partial charge in [-0.15, -0.1) is 24.8 Å². The fourth-order valence-electron chi connectivity index (χ4n) is 3.47. The highest BCUT2D eigenvalue weighted by atomic mass is 35.5. The Bertz CT molecular complexity index is 304. The molecule has 0 aromatic carbocycles. The monoisotopic (exact) mass is 353 g/mol. The van der Waals surface area contributed by atoms with E-state index in [0.717, 1.165) is 25.6 Å². The van der Waals surface area contributed by atoms with Crippen LogP contribution in [0.15, 0.2) is 0 Å². The number of likely N-dealkylation sites (tertiary alicyclic amines) is 1. The second kappa shape index (κ2) is 11.5. The zero-order valence-corrected chi connectivity index (χ0v) is 15.6. The molecule has 2 heterocycles. The lowest BCUT2D eigenvalue weighted by molar-refractivity contribution is -0.122. The summed E-state index contributed by atoms with van der Waals surface area (Å²) in [4.78, 5) is 14.4. The molecule has 1 atom stereocenters. The van der Waals surface area contributed by atoms with Gasteiger partial charge in [0.25, 0.3) is 0 Å². The van der Waals surface area contributed by atoms with E-state index in [0.29, 0.717) is 18.3 Å². The summed E-state index contributed by atoms with van der Waals surface area (Å²) in [7, 11) is 2.18. The van der Waals surface area contributed by atoms with Crippen LogP contribution in [-0.4, -0.2) is 50.6 Å². The lowest BCUT2D eigenvalue weighted by Gasteiger charge is -2.30. The molecule has 4 nitrogen and oxygen atoms in total. The van der Waals surface area contributed by atoms with Crippen molar-refractivity contribution in [3.8, 4) is 0 Å². The molecule has 22 heavy (non-hydrogen) atoms. The minimum absolute atomic E-state index is 0. The maximum absolute atomic E-state index is 12.1. The highest BCUT2D eigenvalue weighted by molar-refractivity contribution is 5.85. The number of carbonyl (C=O) groups excluding carboxylic acids is 1. The third-order valence-corrected chi connectivity index (χ3v) is 5.12. The number of halogens is 2. The standard InChI is InChI=1S/C16H31N3O.2ClH/c1-13(15-3-7-17-8-4-15)11-16(20)18-12-14-5-9-19(2)10-6-14;;/h13-15,17H,3-12H2,1-2H3,(H,18,20);2*1H. The van der Waals surface area contributed by atoms with E-state index in [1.807, 2.05) is 0 Å². The van der Waals surface area contributed by atoms with E-state index < -0.39 is 0 Å². The summed E-state index contributed by atoms with van der Waals surface area (Å²) in [6.07, 6.45) is 5.60. The van der Waals surface area contributed by atoms with Gasteiger partial charge in [-0.05, 0) is 76.7 Å². The van der Waals surface area contributed by atoms with Gasteiger partial charge in [-0.3, -0.25) is 4.79 Å². The average Bonchev–Trinajstić information content (AvgIpc) is 2.47. The second-order valence-electron chi connectivity index (χ2n) is 6.82. The first-order valence-corrected chi connectivity index (χ1v) is 8.31. The molecule has 0 saturated carbocycles. The van der Waals surface area contributed by atoms with Gasteiger partial charge in [0.15, 0.2) is 0 Å². The largest absolute Gasteiger partial charge is 0.356 e. The van der Waals surface area contributed by atoms with Crippen molar-refractivity contribution in [1.82, 2.24) is 15.5 Å². The first-order chi connectivity index (χ1) is 9.65. The summed E-state index contributed by atoms with van der Waals surface area (Å²) in [6.45, 7) is 7.70. The van der Waals surface area contributed by atoms with Crippen molar-refractivity contribution in [3.63, 3.8) is 0 Å². The minimum atomic E-state index is 0. The van der Waals surface area contributed by atoms with Crippen molar-refractivity contribution in [2.24, 2.45) is 17.8 Å². The van der Waals surface area contributed by atoms with Gasteiger partial charge in [-0.25, -0.2) is 0 Å². The van der Waals surface area contributed by atoms with Gasteiger partial charge >= 0.3 is 0 Å². The topological polar surface area (TPSA) is 44.4 Å². The van der Waals surface area contributed by atoms with Gasteiger partial charge in [-0.2, -0.15) is 0 Å². The van der Waals surface area contributed by atoms with Crippen LogP contribution in [-0.2, 0) is 4.79 Å². The third kappa shape index (κ3) is 7.49. The molecule has 6 heteroatoms. The number of hydrogen-bond acceptors (Lipinski definition) is 3. The molecule has 0 aromatic heterocycles. The lowest BCUT2D eigenvalue weighted by Crippen LogP contribution is -2.38. The highest BCUT2D eigenvalue weighted by Gasteiger charge is 2.22. The van der Waals surface area contributed by atoms with Crippen molar-refractivity contribution >= 4 is 30.7 Å². The van der Waals surface area contributed by atoms with Gasteiger partial charge in [0, 0.05) is 13.0 Å². The van der Waals surface area contributed by atoms with Crippen LogP contribution in [0, 0.1) is 17.8 Å². The van der Waals surface area contributed by atoms with E-state index in [4.69, 9.17) is 0 Å². The number of nitrogens with zero attached hydrogens (tertiary/aromatic N) is 1. The Balaban J connectivity index is 0.00000220. The summed E-state index contributed by atoms with van der Waals surface area (Å²) in [5.41, 5.74) is 0. The van der Waals surface area contributed by atoms with E-state index in [1.165, 1.54) is 38.8 Å². The van der Waals surface area contributed by atoms with Crippen LogP contribution in [0.2, 0.25) is 0 Å². The van der Waals surface area contributed by atoms with E-state index >= 15 is 0 Å². The molecule has 2 N–H and O–H groups in total. The number of nitrogens with one attached hydrogen (secondary N) is 2. The zero-order chi connectivity index (χ0) is 14.4. The minimum Gasteiger partial charge on any atom is -0.356 e. The molecule has 2 aliphatic rings. The fourth-order valence-corrected chi connectivity index (χ4v) is 3.47. The third-order valence-electron chi connectivity index (χ3n) is 5.12. The van der Waals surface area contributed by atoms with E-state index in [2.05, 4.69) is 29.5 Å². The van der Waals surface area contributed by atoms with Gasteiger partial charge in [-0.1, -0.05) is 6.92 Å². The summed E-state index contributed by atoms with van der Waals surface area (Å²) < 4.78 is 0. The van der Waals surface area contributed by atoms with E-state index in [9.17, 15) is 4.79 Å². The van der Waals surface area contributed by atoms with Crippen LogP contribution in [0.25, 0.3) is 0 Å². The number of carbonyl (C=O) groups is 1. The molecule has 2 aliphatic heterocycles. The predicted molar refractivity (Wildman–Crippen MR) is 97.1 cm³/mol. The molecule has 132 valence electrons. The summed E-state index contributed by atoms with van der Waals surface area (Å²) in [5, 5.41) is 6.55.